The lowest BCUT2D eigenvalue weighted by Gasteiger charge is -2.07. The third-order valence-electron chi connectivity index (χ3n) is 2.95. The Morgan fingerprint density at radius 2 is 2.19 bits per heavy atom. The van der Waals surface area contributed by atoms with Gasteiger partial charge in [-0.1, -0.05) is 11.6 Å². The molecule has 0 atom stereocenters. The molecule has 0 aliphatic heterocycles. The van der Waals surface area contributed by atoms with Gasteiger partial charge in [0, 0.05) is 22.0 Å². The third kappa shape index (κ3) is 3.37. The topological polar surface area (TPSA) is 34.1 Å². The van der Waals surface area contributed by atoms with Gasteiger partial charge in [-0.25, -0.2) is 4.98 Å². The van der Waals surface area contributed by atoms with E-state index in [0.717, 1.165) is 16.4 Å². The molecule has 0 aliphatic carbocycles. The maximum atomic E-state index is 6.11. The summed E-state index contributed by atoms with van der Waals surface area (Å²) in [5, 5.41) is 11.2. The molecule has 21 heavy (non-hydrogen) atoms. The number of halogens is 1. The molecule has 1 aromatic carbocycles. The number of nitrogens with zero attached hydrogens (tertiary/aromatic N) is 1. The normalized spacial score (nSPS) is 10.6. The molecule has 3 nitrogen and oxygen atoms in total. The number of aromatic nitrogens is 1. The summed E-state index contributed by atoms with van der Waals surface area (Å²) in [7, 11) is 1.61. The molecule has 108 valence electrons. The first-order valence-corrected chi connectivity index (χ1v) is 8.50. The van der Waals surface area contributed by atoms with E-state index in [1.165, 1.54) is 5.56 Å². The van der Waals surface area contributed by atoms with Crippen LogP contribution in [0.2, 0.25) is 5.02 Å². The van der Waals surface area contributed by atoms with Crippen LogP contribution in [-0.4, -0.2) is 12.1 Å². The second-order valence-electron chi connectivity index (χ2n) is 4.36. The van der Waals surface area contributed by atoms with Gasteiger partial charge in [0.25, 0.3) is 0 Å². The Morgan fingerprint density at radius 1 is 1.29 bits per heavy atom. The average molecular weight is 337 g/mol. The van der Waals surface area contributed by atoms with E-state index in [0.29, 0.717) is 17.3 Å². The number of ether oxygens (including phenoxy) is 1. The number of anilines is 1. The Hall–Kier alpha value is -1.56. The molecule has 0 unspecified atom stereocenters. The zero-order valence-electron chi connectivity index (χ0n) is 11.3. The van der Waals surface area contributed by atoms with Gasteiger partial charge in [0.2, 0.25) is 0 Å². The summed E-state index contributed by atoms with van der Waals surface area (Å²) in [6.45, 7) is 0.670. The number of thiazole rings is 1. The highest BCUT2D eigenvalue weighted by atomic mass is 35.5. The Balaban J connectivity index is 1.66. The maximum absolute atomic E-state index is 6.11. The number of methoxy groups -OCH3 is 1. The van der Waals surface area contributed by atoms with Gasteiger partial charge in [-0.15, -0.1) is 11.3 Å². The highest BCUT2D eigenvalue weighted by molar-refractivity contribution is 7.14. The molecule has 0 bridgehead atoms. The highest BCUT2D eigenvalue weighted by Crippen LogP contribution is 2.28. The minimum Gasteiger partial charge on any atom is -0.495 e. The van der Waals surface area contributed by atoms with Gasteiger partial charge in [0.05, 0.1) is 24.4 Å². The average Bonchev–Trinajstić information content (AvgIpc) is 3.16. The van der Waals surface area contributed by atoms with Crippen molar-refractivity contribution in [2.24, 2.45) is 0 Å². The molecule has 2 heterocycles. The van der Waals surface area contributed by atoms with Crippen LogP contribution in [0.5, 0.6) is 5.75 Å². The number of hydrogen-bond acceptors (Lipinski definition) is 5. The van der Waals surface area contributed by atoms with Crippen molar-refractivity contribution in [3.63, 3.8) is 0 Å². The third-order valence-corrected chi connectivity index (χ3v) is 4.86. The molecule has 0 aliphatic rings. The highest BCUT2D eigenvalue weighted by Gasteiger charge is 2.06. The first-order chi connectivity index (χ1) is 10.3. The molecule has 0 saturated carbocycles. The second-order valence-corrected chi connectivity index (χ2v) is 6.40. The Labute approximate surface area is 136 Å². The summed E-state index contributed by atoms with van der Waals surface area (Å²) in [4.78, 5) is 4.63. The van der Waals surface area contributed by atoms with Gasteiger partial charge >= 0.3 is 0 Å². The largest absolute Gasteiger partial charge is 0.495 e. The number of nitrogens with one attached hydrogen (secondary N) is 1. The zero-order chi connectivity index (χ0) is 14.7. The van der Waals surface area contributed by atoms with E-state index in [1.54, 1.807) is 29.8 Å². The van der Waals surface area contributed by atoms with E-state index in [-0.39, 0.29) is 0 Å². The van der Waals surface area contributed by atoms with Crippen LogP contribution in [-0.2, 0) is 6.54 Å². The van der Waals surface area contributed by atoms with Crippen LogP contribution in [0.3, 0.4) is 0 Å². The molecular formula is C15H13ClN2OS2. The lowest BCUT2D eigenvalue weighted by Crippen LogP contribution is -1.99. The van der Waals surface area contributed by atoms with E-state index in [9.17, 15) is 0 Å². The van der Waals surface area contributed by atoms with Crippen LogP contribution in [0.15, 0.2) is 40.4 Å². The number of hydrogen-bond donors (Lipinski definition) is 1. The molecule has 0 amide bonds. The SMILES string of the molecule is COc1ccc(NCc2csc(-c3ccsc3)n2)cc1Cl. The molecule has 6 heteroatoms. The van der Waals surface area contributed by atoms with Crippen LogP contribution < -0.4 is 10.1 Å². The summed E-state index contributed by atoms with van der Waals surface area (Å²) in [6, 6.07) is 7.73. The fourth-order valence-electron chi connectivity index (χ4n) is 1.88. The summed E-state index contributed by atoms with van der Waals surface area (Å²) >= 11 is 9.45. The Kier molecular flexibility index (Phi) is 4.43. The van der Waals surface area contributed by atoms with Crippen LogP contribution in [0.25, 0.3) is 10.6 Å². The molecule has 0 saturated heterocycles. The predicted octanol–water partition coefficient (Wildman–Crippen LogP) is 5.15. The van der Waals surface area contributed by atoms with Gasteiger partial charge in [0.1, 0.15) is 10.8 Å². The van der Waals surface area contributed by atoms with E-state index < -0.39 is 0 Å². The summed E-state index contributed by atoms with van der Waals surface area (Å²) in [6.07, 6.45) is 0. The van der Waals surface area contributed by atoms with Crippen molar-refractivity contribution >= 4 is 40.0 Å². The second kappa shape index (κ2) is 6.47. The standard InChI is InChI=1S/C15H13ClN2OS2/c1-19-14-3-2-11(6-13(14)16)17-7-12-9-21-15(18-12)10-4-5-20-8-10/h2-6,8-9,17H,7H2,1H3. The summed E-state index contributed by atoms with van der Waals surface area (Å²) < 4.78 is 5.14. The van der Waals surface area contributed by atoms with Gasteiger partial charge < -0.3 is 10.1 Å². The Bertz CT molecular complexity index is 725. The van der Waals surface area contributed by atoms with Gasteiger partial charge in [-0.05, 0) is 29.6 Å². The van der Waals surface area contributed by atoms with Crippen LogP contribution in [0.4, 0.5) is 5.69 Å². The Morgan fingerprint density at radius 3 is 2.90 bits per heavy atom. The van der Waals surface area contributed by atoms with Crippen LogP contribution in [0, 0.1) is 0 Å². The smallest absolute Gasteiger partial charge is 0.137 e. The minimum absolute atomic E-state index is 0.597. The molecule has 0 spiro atoms. The maximum Gasteiger partial charge on any atom is 0.137 e. The van der Waals surface area contributed by atoms with Crippen molar-refractivity contribution in [2.75, 3.05) is 12.4 Å². The minimum atomic E-state index is 0.597. The quantitative estimate of drug-likeness (QED) is 0.700. The molecule has 0 fully saturated rings. The van der Waals surface area contributed by atoms with Crippen molar-refractivity contribution in [1.29, 1.82) is 0 Å². The lowest BCUT2D eigenvalue weighted by atomic mass is 10.3. The van der Waals surface area contributed by atoms with Crippen molar-refractivity contribution in [1.82, 2.24) is 4.98 Å². The summed E-state index contributed by atoms with van der Waals surface area (Å²) in [5.74, 6) is 0.676. The first-order valence-electron chi connectivity index (χ1n) is 6.30. The lowest BCUT2D eigenvalue weighted by molar-refractivity contribution is 0.415. The fourth-order valence-corrected chi connectivity index (χ4v) is 3.67. The van der Waals surface area contributed by atoms with E-state index in [4.69, 9.17) is 16.3 Å². The zero-order valence-corrected chi connectivity index (χ0v) is 13.7. The van der Waals surface area contributed by atoms with Crippen LogP contribution >= 0.6 is 34.3 Å². The molecular weight excluding hydrogens is 324 g/mol. The molecule has 2 aromatic heterocycles. The van der Waals surface area contributed by atoms with Crippen LogP contribution in [0.1, 0.15) is 5.69 Å². The fraction of sp³-hybridized carbons (Fsp3) is 0.133. The molecule has 0 radical (unpaired) electrons. The van der Waals surface area contributed by atoms with Crippen molar-refractivity contribution in [2.45, 2.75) is 6.54 Å². The number of benzene rings is 1. The van der Waals surface area contributed by atoms with Gasteiger partial charge in [-0.2, -0.15) is 11.3 Å². The number of thiophene rings is 1. The monoisotopic (exact) mass is 336 g/mol. The molecule has 3 aromatic rings. The molecule has 3 rings (SSSR count). The van der Waals surface area contributed by atoms with E-state index in [2.05, 4.69) is 32.5 Å². The van der Waals surface area contributed by atoms with E-state index >= 15 is 0 Å². The number of rotatable bonds is 5. The van der Waals surface area contributed by atoms with Crippen molar-refractivity contribution in [3.05, 3.63) is 51.1 Å². The van der Waals surface area contributed by atoms with Gasteiger partial charge in [0.15, 0.2) is 0 Å². The molecule has 1 N–H and O–H groups in total. The first kappa shape index (κ1) is 14.4. The van der Waals surface area contributed by atoms with Crippen molar-refractivity contribution in [3.8, 4) is 16.3 Å². The van der Waals surface area contributed by atoms with E-state index in [1.807, 2.05) is 18.2 Å². The van der Waals surface area contributed by atoms with Gasteiger partial charge in [-0.3, -0.25) is 0 Å². The van der Waals surface area contributed by atoms with Crippen molar-refractivity contribution < 1.29 is 4.74 Å². The summed E-state index contributed by atoms with van der Waals surface area (Å²) in [5.41, 5.74) is 3.16. The predicted molar refractivity (Wildman–Crippen MR) is 90.8 cm³/mol.